The number of carbonyl (C=O) groups is 1. The average Bonchev–Trinajstić information content (AvgIpc) is 3.50. The molecule has 36 heavy (non-hydrogen) atoms. The highest BCUT2D eigenvalue weighted by molar-refractivity contribution is 7.15. The molecule has 0 bridgehead atoms. The van der Waals surface area contributed by atoms with Gasteiger partial charge in [0.1, 0.15) is 34.8 Å². The molecule has 0 saturated carbocycles. The highest BCUT2D eigenvalue weighted by atomic mass is 32.1. The van der Waals surface area contributed by atoms with Crippen LogP contribution in [0.1, 0.15) is 30.3 Å². The highest BCUT2D eigenvalue weighted by Crippen LogP contribution is 2.25. The Kier molecular flexibility index (Phi) is 8.32. The van der Waals surface area contributed by atoms with Crippen molar-refractivity contribution in [3.05, 3.63) is 70.9 Å². The lowest BCUT2D eigenvalue weighted by atomic mass is 10.1. The Balaban J connectivity index is 1.49. The number of ether oxygens (including phenoxy) is 2. The predicted octanol–water partition coefficient (Wildman–Crippen LogP) is 5.47. The summed E-state index contributed by atoms with van der Waals surface area (Å²) >= 11 is 1.33. The predicted molar refractivity (Wildman–Crippen MR) is 141 cm³/mol. The lowest BCUT2D eigenvalue weighted by Crippen LogP contribution is -2.13. The van der Waals surface area contributed by atoms with E-state index in [9.17, 15) is 10.1 Å². The fourth-order valence-electron chi connectivity index (χ4n) is 3.73. The van der Waals surface area contributed by atoms with Gasteiger partial charge in [-0.25, -0.2) is 0 Å². The van der Waals surface area contributed by atoms with Gasteiger partial charge in [-0.05, 0) is 30.7 Å². The number of aromatic nitrogens is 3. The lowest BCUT2D eigenvalue weighted by molar-refractivity contribution is -0.112. The summed E-state index contributed by atoms with van der Waals surface area (Å²) in [5, 5.41) is 22.7. The second-order valence-electron chi connectivity index (χ2n) is 8.05. The third kappa shape index (κ3) is 6.09. The molecule has 4 aromatic rings. The van der Waals surface area contributed by atoms with Gasteiger partial charge in [0, 0.05) is 35.2 Å². The molecule has 2 aromatic heterocycles. The van der Waals surface area contributed by atoms with Crippen LogP contribution in [0.25, 0.3) is 17.0 Å². The number of hydrogen-bond donors (Lipinski definition) is 1. The van der Waals surface area contributed by atoms with Crippen molar-refractivity contribution in [1.82, 2.24) is 14.8 Å². The minimum absolute atomic E-state index is 0.00385. The molecular weight excluding hydrogens is 474 g/mol. The first kappa shape index (κ1) is 24.9. The minimum Gasteiger partial charge on any atom is -0.497 e. The summed E-state index contributed by atoms with van der Waals surface area (Å²) in [6.45, 7) is 3.14. The molecule has 1 amide bonds. The summed E-state index contributed by atoms with van der Waals surface area (Å²) in [6, 6.07) is 17.3. The zero-order chi connectivity index (χ0) is 25.3. The van der Waals surface area contributed by atoms with E-state index in [4.69, 9.17) is 9.47 Å². The van der Waals surface area contributed by atoms with E-state index in [1.54, 1.807) is 13.2 Å². The molecule has 184 valence electrons. The van der Waals surface area contributed by atoms with Crippen LogP contribution in [-0.2, 0) is 17.8 Å². The van der Waals surface area contributed by atoms with E-state index < -0.39 is 5.91 Å². The molecule has 0 aliphatic heterocycles. The molecule has 0 aliphatic rings. The van der Waals surface area contributed by atoms with Crippen molar-refractivity contribution in [2.24, 2.45) is 0 Å². The number of nitrogens with one attached hydrogen (secondary N) is 1. The smallest absolute Gasteiger partial charge is 0.268 e. The summed E-state index contributed by atoms with van der Waals surface area (Å²) in [4.78, 5) is 12.8. The first-order chi connectivity index (χ1) is 17.6. The number of benzene rings is 2. The number of anilines is 1. The topological polar surface area (TPSA) is 102 Å². The first-order valence-electron chi connectivity index (χ1n) is 11.7. The van der Waals surface area contributed by atoms with Crippen LogP contribution < -0.4 is 14.8 Å². The standard InChI is InChI=1S/C27H27N5O3S/c1-3-4-12-25-30-31-27(36-25)29-26(33)19(17-28)15-20-18-32(24-11-6-5-10-23(20)24)13-14-35-22-9-7-8-21(16-22)34-2/h5-11,15-16,18H,3-4,12-14H2,1-2H3,(H,29,31,33)/b19-15-. The van der Waals surface area contributed by atoms with E-state index in [0.29, 0.717) is 18.3 Å². The molecule has 9 heteroatoms. The second kappa shape index (κ2) is 12.0. The molecule has 0 atom stereocenters. The second-order valence-corrected chi connectivity index (χ2v) is 9.11. The third-order valence-electron chi connectivity index (χ3n) is 5.56. The van der Waals surface area contributed by atoms with Gasteiger partial charge < -0.3 is 14.0 Å². The SMILES string of the molecule is CCCCc1nnc(NC(=O)/C(C#N)=C\c2cn(CCOc3cccc(OC)c3)c3ccccc23)s1. The number of methoxy groups -OCH3 is 1. The van der Waals surface area contributed by atoms with Crippen LogP contribution in [0.15, 0.2) is 60.3 Å². The number of para-hydroxylation sites is 1. The highest BCUT2D eigenvalue weighted by Gasteiger charge is 2.15. The summed E-state index contributed by atoms with van der Waals surface area (Å²) in [5.41, 5.74) is 1.76. The van der Waals surface area contributed by atoms with Crippen molar-refractivity contribution in [3.8, 4) is 17.6 Å². The average molecular weight is 502 g/mol. The van der Waals surface area contributed by atoms with Gasteiger partial charge in [0.05, 0.1) is 13.7 Å². The van der Waals surface area contributed by atoms with Gasteiger partial charge in [-0.1, -0.05) is 48.9 Å². The molecule has 4 rings (SSSR count). The van der Waals surface area contributed by atoms with Crippen molar-refractivity contribution in [3.63, 3.8) is 0 Å². The van der Waals surface area contributed by atoms with Gasteiger partial charge in [-0.15, -0.1) is 10.2 Å². The number of nitriles is 1. The van der Waals surface area contributed by atoms with Gasteiger partial charge in [0.2, 0.25) is 5.13 Å². The van der Waals surface area contributed by atoms with E-state index >= 15 is 0 Å². The quantitative estimate of drug-likeness (QED) is 0.216. The fourth-order valence-corrected chi connectivity index (χ4v) is 4.51. The van der Waals surface area contributed by atoms with Gasteiger partial charge in [0.25, 0.3) is 5.91 Å². The molecule has 0 unspecified atom stereocenters. The fraction of sp³-hybridized carbons (Fsp3) is 0.259. The maximum Gasteiger partial charge on any atom is 0.268 e. The molecular formula is C27H27N5O3S. The Morgan fingerprint density at radius 1 is 1.19 bits per heavy atom. The minimum atomic E-state index is -0.506. The van der Waals surface area contributed by atoms with E-state index in [0.717, 1.165) is 52.2 Å². The molecule has 2 heterocycles. The maximum atomic E-state index is 12.8. The Bertz CT molecular complexity index is 1420. The van der Waals surface area contributed by atoms with Crippen molar-refractivity contribution in [1.29, 1.82) is 5.26 Å². The van der Waals surface area contributed by atoms with Crippen molar-refractivity contribution >= 4 is 39.4 Å². The molecule has 0 spiro atoms. The summed E-state index contributed by atoms with van der Waals surface area (Å²) < 4.78 is 13.2. The van der Waals surface area contributed by atoms with E-state index in [2.05, 4.69) is 27.0 Å². The molecule has 0 radical (unpaired) electrons. The molecule has 0 saturated heterocycles. The van der Waals surface area contributed by atoms with Crippen molar-refractivity contribution in [2.75, 3.05) is 19.0 Å². The zero-order valence-corrected chi connectivity index (χ0v) is 21.0. The molecule has 8 nitrogen and oxygen atoms in total. The lowest BCUT2D eigenvalue weighted by Gasteiger charge is -2.09. The van der Waals surface area contributed by atoms with Crippen LogP contribution in [0.3, 0.4) is 0 Å². The van der Waals surface area contributed by atoms with Crippen LogP contribution in [0.2, 0.25) is 0 Å². The van der Waals surface area contributed by atoms with E-state index in [1.165, 1.54) is 11.3 Å². The molecule has 1 N–H and O–H groups in total. The first-order valence-corrected chi connectivity index (χ1v) is 12.5. The van der Waals surface area contributed by atoms with Crippen molar-refractivity contribution in [2.45, 2.75) is 32.7 Å². The molecule has 0 aliphatic carbocycles. The third-order valence-corrected chi connectivity index (χ3v) is 6.46. The zero-order valence-electron chi connectivity index (χ0n) is 20.2. The van der Waals surface area contributed by atoms with E-state index in [-0.39, 0.29) is 5.57 Å². The van der Waals surface area contributed by atoms with Gasteiger partial charge in [0.15, 0.2) is 0 Å². The Morgan fingerprint density at radius 2 is 2.03 bits per heavy atom. The van der Waals surface area contributed by atoms with Crippen molar-refractivity contribution < 1.29 is 14.3 Å². The molecule has 0 fully saturated rings. The van der Waals surface area contributed by atoms with Crippen LogP contribution in [0.5, 0.6) is 11.5 Å². The Labute approximate surface area is 213 Å². The maximum absolute atomic E-state index is 12.8. The number of carbonyl (C=O) groups excluding carboxylic acids is 1. The van der Waals surface area contributed by atoms with Gasteiger partial charge in [-0.3, -0.25) is 10.1 Å². The normalized spacial score (nSPS) is 11.3. The summed E-state index contributed by atoms with van der Waals surface area (Å²) in [7, 11) is 1.62. The van der Waals surface area contributed by atoms with Crippen LogP contribution in [0.4, 0.5) is 5.13 Å². The number of unbranched alkanes of at least 4 members (excludes halogenated alkanes) is 1. The monoisotopic (exact) mass is 501 g/mol. The number of amides is 1. The van der Waals surface area contributed by atoms with Gasteiger partial charge >= 0.3 is 0 Å². The summed E-state index contributed by atoms with van der Waals surface area (Å²) in [6.07, 6.45) is 6.43. The van der Waals surface area contributed by atoms with Crippen LogP contribution in [-0.4, -0.2) is 34.4 Å². The largest absolute Gasteiger partial charge is 0.497 e. The van der Waals surface area contributed by atoms with Crippen LogP contribution >= 0.6 is 11.3 Å². The van der Waals surface area contributed by atoms with Crippen LogP contribution in [0, 0.1) is 11.3 Å². The number of hydrogen-bond acceptors (Lipinski definition) is 7. The number of rotatable bonds is 11. The number of aryl methyl sites for hydroxylation is 1. The van der Waals surface area contributed by atoms with Gasteiger partial charge in [-0.2, -0.15) is 5.26 Å². The van der Waals surface area contributed by atoms with E-state index in [1.807, 2.05) is 60.8 Å². The number of fused-ring (bicyclic) bond motifs is 1. The Hall–Kier alpha value is -4.16. The molecule has 2 aromatic carbocycles. The number of nitrogens with zero attached hydrogens (tertiary/aromatic N) is 4. The Morgan fingerprint density at radius 3 is 2.83 bits per heavy atom. The summed E-state index contributed by atoms with van der Waals surface area (Å²) in [5.74, 6) is 0.956.